The molecule has 0 unspecified atom stereocenters. The van der Waals surface area contributed by atoms with Gasteiger partial charge in [-0.25, -0.2) is 0 Å². The molecule has 2 aromatic heterocycles. The van der Waals surface area contributed by atoms with Gasteiger partial charge in [0.25, 0.3) is 5.91 Å². The lowest BCUT2D eigenvalue weighted by atomic mass is 10.2. The van der Waals surface area contributed by atoms with E-state index < -0.39 is 0 Å². The van der Waals surface area contributed by atoms with Crippen molar-refractivity contribution in [3.8, 4) is 0 Å². The molecular weight excluding hydrogens is 286 g/mol. The summed E-state index contributed by atoms with van der Waals surface area (Å²) in [4.78, 5) is 18.3. The van der Waals surface area contributed by atoms with Crippen molar-refractivity contribution >= 4 is 17.7 Å². The van der Waals surface area contributed by atoms with Gasteiger partial charge >= 0.3 is 0 Å². The minimum absolute atomic E-state index is 0.0758. The number of pyridine rings is 1. The van der Waals surface area contributed by atoms with E-state index in [2.05, 4.69) is 26.7 Å². The largest absolute Gasteiger partial charge is 0.332 e. The fraction of sp³-hybridized carbons (Fsp3) is 0.429. The molecule has 0 radical (unpaired) electrons. The lowest BCUT2D eigenvalue weighted by Crippen LogP contribution is -2.26. The molecule has 3 heterocycles. The van der Waals surface area contributed by atoms with Crippen LogP contribution in [0.1, 0.15) is 28.8 Å². The van der Waals surface area contributed by atoms with Crippen LogP contribution in [0, 0.1) is 6.92 Å². The molecule has 0 saturated heterocycles. The van der Waals surface area contributed by atoms with Crippen LogP contribution in [0.5, 0.6) is 0 Å². The van der Waals surface area contributed by atoms with E-state index in [0.29, 0.717) is 13.1 Å². The highest BCUT2D eigenvalue weighted by Gasteiger charge is 2.27. The predicted molar refractivity (Wildman–Crippen MR) is 80.1 cm³/mol. The molecule has 110 valence electrons. The van der Waals surface area contributed by atoms with Gasteiger partial charge in [0.2, 0.25) is 0 Å². The van der Waals surface area contributed by atoms with Crippen LogP contribution in [-0.4, -0.2) is 42.9 Å². The number of carbonyl (C=O) groups is 1. The summed E-state index contributed by atoms with van der Waals surface area (Å²) >= 11 is 1.64. The van der Waals surface area contributed by atoms with Crippen LogP contribution >= 0.6 is 11.8 Å². The Hall–Kier alpha value is -1.89. The van der Waals surface area contributed by atoms with Crippen LogP contribution in [0.2, 0.25) is 0 Å². The van der Waals surface area contributed by atoms with Crippen molar-refractivity contribution in [2.45, 2.75) is 32.1 Å². The first-order valence-corrected chi connectivity index (χ1v) is 7.95. The Bertz CT molecular complexity index is 669. The Kier molecular flexibility index (Phi) is 3.92. The number of nitrogens with zero attached hydrogens (tertiary/aromatic N) is 5. The van der Waals surface area contributed by atoms with E-state index >= 15 is 0 Å². The maximum atomic E-state index is 12.2. The summed E-state index contributed by atoms with van der Waals surface area (Å²) in [7, 11) is 0. The molecule has 0 spiro atoms. The number of rotatable bonds is 5. The van der Waals surface area contributed by atoms with E-state index in [1.165, 1.54) is 0 Å². The zero-order valence-electron chi connectivity index (χ0n) is 12.1. The topological polar surface area (TPSA) is 63.9 Å². The van der Waals surface area contributed by atoms with E-state index in [-0.39, 0.29) is 5.91 Å². The minimum Gasteiger partial charge on any atom is -0.332 e. The van der Waals surface area contributed by atoms with Gasteiger partial charge in [-0.05, 0) is 26.0 Å². The number of carbonyl (C=O) groups excluding carboxylic acids is 1. The molecule has 7 heteroatoms. The summed E-state index contributed by atoms with van der Waals surface area (Å²) in [6.07, 6.45) is 1.73. The highest BCUT2D eigenvalue weighted by molar-refractivity contribution is 7.99. The quantitative estimate of drug-likeness (QED) is 0.787. The Morgan fingerprint density at radius 3 is 3.00 bits per heavy atom. The summed E-state index contributed by atoms with van der Waals surface area (Å²) in [5, 5.41) is 9.17. The number of aryl methyl sites for hydroxylation is 1. The minimum atomic E-state index is 0.0758. The third kappa shape index (κ3) is 2.65. The fourth-order valence-electron chi connectivity index (χ4n) is 2.44. The van der Waals surface area contributed by atoms with Gasteiger partial charge in [0.1, 0.15) is 5.82 Å². The molecule has 0 bridgehead atoms. The number of amides is 1. The number of thioether (sulfide) groups is 1. The van der Waals surface area contributed by atoms with Crippen molar-refractivity contribution in [3.05, 3.63) is 35.4 Å². The second kappa shape index (κ2) is 5.85. The smallest absolute Gasteiger partial charge is 0.256 e. The Morgan fingerprint density at radius 2 is 2.24 bits per heavy atom. The predicted octanol–water partition coefficient (Wildman–Crippen LogP) is 1.75. The fourth-order valence-corrected chi connectivity index (χ4v) is 3.45. The molecule has 21 heavy (non-hydrogen) atoms. The maximum absolute atomic E-state index is 12.2. The monoisotopic (exact) mass is 303 g/mol. The first-order valence-electron chi connectivity index (χ1n) is 6.96. The molecule has 1 aliphatic rings. The average Bonchev–Trinajstić information content (AvgIpc) is 3.01. The molecule has 6 nitrogen and oxygen atoms in total. The second-order valence-corrected chi connectivity index (χ2v) is 5.91. The van der Waals surface area contributed by atoms with Crippen molar-refractivity contribution < 1.29 is 4.79 Å². The van der Waals surface area contributed by atoms with Crippen LogP contribution < -0.4 is 0 Å². The number of fused-ring (bicyclic) bond motifs is 1. The Labute approximate surface area is 127 Å². The van der Waals surface area contributed by atoms with Gasteiger partial charge in [-0.15, -0.1) is 10.2 Å². The average molecular weight is 303 g/mol. The highest BCUT2D eigenvalue weighted by Crippen LogP contribution is 2.22. The van der Waals surface area contributed by atoms with E-state index in [9.17, 15) is 4.79 Å². The van der Waals surface area contributed by atoms with Gasteiger partial charge < -0.3 is 9.47 Å². The van der Waals surface area contributed by atoms with Crippen molar-refractivity contribution in [1.82, 2.24) is 24.6 Å². The van der Waals surface area contributed by atoms with Crippen molar-refractivity contribution in [3.63, 3.8) is 0 Å². The van der Waals surface area contributed by atoms with Gasteiger partial charge in [0.15, 0.2) is 5.16 Å². The zero-order chi connectivity index (χ0) is 14.8. The maximum Gasteiger partial charge on any atom is 0.256 e. The van der Waals surface area contributed by atoms with Crippen LogP contribution in [-0.2, 0) is 13.1 Å². The summed E-state index contributed by atoms with van der Waals surface area (Å²) in [5.74, 6) is 1.80. The van der Waals surface area contributed by atoms with E-state index in [1.54, 1.807) is 18.0 Å². The summed E-state index contributed by atoms with van der Waals surface area (Å²) in [5.41, 5.74) is 1.61. The van der Waals surface area contributed by atoms with Gasteiger partial charge in [0.05, 0.1) is 17.8 Å². The summed E-state index contributed by atoms with van der Waals surface area (Å²) < 4.78 is 2.08. The molecule has 0 fully saturated rings. The van der Waals surface area contributed by atoms with Gasteiger partial charge in [-0.1, -0.05) is 11.8 Å². The molecule has 0 aliphatic carbocycles. The van der Waals surface area contributed by atoms with Crippen molar-refractivity contribution in [1.29, 1.82) is 0 Å². The number of aromatic nitrogens is 4. The molecule has 3 rings (SSSR count). The van der Waals surface area contributed by atoms with Crippen LogP contribution in [0.15, 0.2) is 23.5 Å². The van der Waals surface area contributed by atoms with Crippen LogP contribution in [0.25, 0.3) is 0 Å². The molecular formula is C14H17N5OS. The van der Waals surface area contributed by atoms with Crippen LogP contribution in [0.3, 0.4) is 0 Å². The third-order valence-corrected chi connectivity index (χ3v) is 4.51. The highest BCUT2D eigenvalue weighted by atomic mass is 32.2. The van der Waals surface area contributed by atoms with E-state index in [4.69, 9.17) is 0 Å². The number of hydrogen-bond acceptors (Lipinski definition) is 5. The molecule has 1 aliphatic heterocycles. The second-order valence-electron chi connectivity index (χ2n) is 4.85. The van der Waals surface area contributed by atoms with Gasteiger partial charge in [-0.2, -0.15) is 0 Å². The first-order chi connectivity index (χ1) is 10.2. The lowest BCUT2D eigenvalue weighted by Gasteiger charge is -2.14. The van der Waals surface area contributed by atoms with Gasteiger partial charge in [-0.3, -0.25) is 9.78 Å². The lowest BCUT2D eigenvalue weighted by molar-refractivity contribution is 0.0788. The third-order valence-electron chi connectivity index (χ3n) is 3.56. The molecule has 0 N–H and O–H groups in total. The van der Waals surface area contributed by atoms with E-state index in [1.807, 2.05) is 24.0 Å². The molecule has 1 amide bonds. The SMILES string of the molecule is CCn1c(C)nnc1SCCN1Cc2ncccc2C1=O. The summed E-state index contributed by atoms with van der Waals surface area (Å²) in [6.45, 7) is 6.18. The van der Waals surface area contributed by atoms with Crippen LogP contribution in [0.4, 0.5) is 0 Å². The normalized spacial score (nSPS) is 13.8. The molecule has 2 aromatic rings. The Balaban J connectivity index is 1.59. The first kappa shape index (κ1) is 14.1. The van der Waals surface area contributed by atoms with Crippen molar-refractivity contribution in [2.75, 3.05) is 12.3 Å². The zero-order valence-corrected chi connectivity index (χ0v) is 12.9. The van der Waals surface area contributed by atoms with Gasteiger partial charge in [0, 0.05) is 25.0 Å². The summed E-state index contributed by atoms with van der Waals surface area (Å²) in [6, 6.07) is 3.65. The Morgan fingerprint density at radius 1 is 1.38 bits per heavy atom. The number of hydrogen-bond donors (Lipinski definition) is 0. The van der Waals surface area contributed by atoms with E-state index in [0.717, 1.165) is 34.5 Å². The molecule has 0 atom stereocenters. The standard InChI is InChI=1S/C14H17N5OS/c1-3-19-10(2)16-17-14(19)21-8-7-18-9-12-11(13(18)20)5-4-6-15-12/h4-6H,3,7-9H2,1-2H3. The van der Waals surface area contributed by atoms with Crippen molar-refractivity contribution in [2.24, 2.45) is 0 Å². The molecule has 0 aromatic carbocycles. The molecule has 0 saturated carbocycles.